The number of rotatable bonds is 4. The Morgan fingerprint density at radius 3 is 2.69 bits per heavy atom. The van der Waals surface area contributed by atoms with Crippen molar-refractivity contribution in [3.05, 3.63) is 42.0 Å². The van der Waals surface area contributed by atoms with Gasteiger partial charge in [0.2, 0.25) is 0 Å². The maximum absolute atomic E-state index is 13.8. The van der Waals surface area contributed by atoms with Crippen LogP contribution in [-0.2, 0) is 9.53 Å². The van der Waals surface area contributed by atoms with Gasteiger partial charge in [0.25, 0.3) is 0 Å². The third kappa shape index (κ3) is 2.59. The maximum atomic E-state index is 13.8. The first-order chi connectivity index (χ1) is 7.60. The smallest absolute Gasteiger partial charge is 0.336 e. The number of hydrogen-bond acceptors (Lipinski definition) is 3. The second-order valence-electron chi connectivity index (χ2n) is 3.16. The maximum Gasteiger partial charge on any atom is 0.336 e. The summed E-state index contributed by atoms with van der Waals surface area (Å²) in [5.41, 5.74) is 0.0884. The molecule has 0 aliphatic heterocycles. The van der Waals surface area contributed by atoms with Gasteiger partial charge < -0.3 is 9.47 Å². The number of benzene rings is 1. The van der Waals surface area contributed by atoms with Crippen molar-refractivity contribution in [3.63, 3.8) is 0 Å². The lowest BCUT2D eigenvalue weighted by Crippen LogP contribution is -2.09. The van der Waals surface area contributed by atoms with Gasteiger partial charge in [-0.15, -0.1) is 0 Å². The van der Waals surface area contributed by atoms with E-state index in [2.05, 4.69) is 11.3 Å². The molecule has 3 nitrogen and oxygen atoms in total. The summed E-state index contributed by atoms with van der Waals surface area (Å²) in [7, 11) is 2.67. The van der Waals surface area contributed by atoms with Crippen molar-refractivity contribution >= 4 is 5.97 Å². The van der Waals surface area contributed by atoms with Gasteiger partial charge in [0.1, 0.15) is 5.75 Å². The zero-order valence-corrected chi connectivity index (χ0v) is 9.20. The SMILES string of the molecule is C=C(C(=O)OC)[C@@H](F)c1cccc(OC)c1. The third-order valence-corrected chi connectivity index (χ3v) is 2.14. The quantitative estimate of drug-likeness (QED) is 0.582. The lowest BCUT2D eigenvalue weighted by molar-refractivity contribution is -0.136. The van der Waals surface area contributed by atoms with Crippen molar-refractivity contribution in [1.29, 1.82) is 0 Å². The van der Waals surface area contributed by atoms with Crippen LogP contribution in [0.3, 0.4) is 0 Å². The molecule has 16 heavy (non-hydrogen) atoms. The van der Waals surface area contributed by atoms with E-state index in [4.69, 9.17) is 4.74 Å². The molecule has 86 valence electrons. The van der Waals surface area contributed by atoms with Crippen LogP contribution in [0.4, 0.5) is 4.39 Å². The Kier molecular flexibility index (Phi) is 4.05. The molecule has 1 rings (SSSR count). The summed E-state index contributed by atoms with van der Waals surface area (Å²) in [5.74, 6) is -0.229. The van der Waals surface area contributed by atoms with E-state index in [0.29, 0.717) is 11.3 Å². The van der Waals surface area contributed by atoms with Gasteiger partial charge in [-0.25, -0.2) is 9.18 Å². The first-order valence-electron chi connectivity index (χ1n) is 4.65. The topological polar surface area (TPSA) is 35.5 Å². The molecule has 4 heteroatoms. The molecule has 0 saturated heterocycles. The van der Waals surface area contributed by atoms with Crippen LogP contribution < -0.4 is 4.74 Å². The minimum Gasteiger partial charge on any atom is -0.497 e. The summed E-state index contributed by atoms with van der Waals surface area (Å²) in [5, 5.41) is 0. The molecule has 0 unspecified atom stereocenters. The first-order valence-corrected chi connectivity index (χ1v) is 4.65. The summed E-state index contributed by atoms with van der Waals surface area (Å²) in [6.07, 6.45) is -1.58. The van der Waals surface area contributed by atoms with Crippen LogP contribution >= 0.6 is 0 Å². The van der Waals surface area contributed by atoms with Gasteiger partial charge in [-0.3, -0.25) is 0 Å². The Hall–Kier alpha value is -1.84. The molecular formula is C12H13FO3. The molecule has 0 aliphatic rings. The van der Waals surface area contributed by atoms with E-state index in [-0.39, 0.29) is 5.57 Å². The lowest BCUT2D eigenvalue weighted by atomic mass is 10.0. The largest absolute Gasteiger partial charge is 0.497 e. The lowest BCUT2D eigenvalue weighted by Gasteiger charge is -2.10. The Morgan fingerprint density at radius 2 is 2.12 bits per heavy atom. The van der Waals surface area contributed by atoms with Crippen molar-refractivity contribution in [2.75, 3.05) is 14.2 Å². The number of methoxy groups -OCH3 is 2. The summed E-state index contributed by atoms with van der Waals surface area (Å²) in [6, 6.07) is 6.41. The zero-order valence-electron chi connectivity index (χ0n) is 9.20. The van der Waals surface area contributed by atoms with Gasteiger partial charge in [-0.2, -0.15) is 0 Å². The van der Waals surface area contributed by atoms with Crippen LogP contribution in [0.15, 0.2) is 36.4 Å². The minimum absolute atomic E-state index is 0.226. The van der Waals surface area contributed by atoms with Crippen LogP contribution in [0.25, 0.3) is 0 Å². The third-order valence-electron chi connectivity index (χ3n) is 2.14. The van der Waals surface area contributed by atoms with Crippen LogP contribution in [0.5, 0.6) is 5.75 Å². The second kappa shape index (κ2) is 5.30. The Labute approximate surface area is 93.5 Å². The normalized spacial score (nSPS) is 11.7. The standard InChI is InChI=1S/C12H13FO3/c1-8(12(14)16-3)11(13)9-5-4-6-10(7-9)15-2/h4-7,11H,1H2,2-3H3/t11-/m1/s1. The number of ether oxygens (including phenoxy) is 2. The average molecular weight is 224 g/mol. The van der Waals surface area contributed by atoms with E-state index in [9.17, 15) is 9.18 Å². The first kappa shape index (κ1) is 12.2. The van der Waals surface area contributed by atoms with Crippen molar-refractivity contribution in [1.82, 2.24) is 0 Å². The summed E-state index contributed by atoms with van der Waals surface area (Å²) in [6.45, 7) is 3.37. The molecule has 1 aromatic carbocycles. The van der Waals surface area contributed by atoms with E-state index >= 15 is 0 Å². The van der Waals surface area contributed by atoms with Gasteiger partial charge >= 0.3 is 5.97 Å². The molecule has 1 aromatic rings. The minimum atomic E-state index is -1.58. The molecule has 0 N–H and O–H groups in total. The Balaban J connectivity index is 2.91. The number of halogens is 1. The highest BCUT2D eigenvalue weighted by Gasteiger charge is 2.21. The van der Waals surface area contributed by atoms with Crippen molar-refractivity contribution in [3.8, 4) is 5.75 Å². The van der Waals surface area contributed by atoms with Gasteiger partial charge in [0.15, 0.2) is 6.17 Å². The van der Waals surface area contributed by atoms with E-state index in [1.807, 2.05) is 0 Å². The van der Waals surface area contributed by atoms with Gasteiger partial charge in [-0.1, -0.05) is 18.7 Å². The highest BCUT2D eigenvalue weighted by Crippen LogP contribution is 2.27. The fraction of sp³-hybridized carbons (Fsp3) is 0.250. The van der Waals surface area contributed by atoms with Crippen molar-refractivity contribution in [2.24, 2.45) is 0 Å². The van der Waals surface area contributed by atoms with E-state index in [0.717, 1.165) is 0 Å². The summed E-state index contributed by atoms with van der Waals surface area (Å²) >= 11 is 0. The number of carbonyl (C=O) groups excluding carboxylic acids is 1. The molecule has 0 aromatic heterocycles. The number of alkyl halides is 1. The molecule has 0 radical (unpaired) electrons. The fourth-order valence-corrected chi connectivity index (χ4v) is 1.23. The highest BCUT2D eigenvalue weighted by atomic mass is 19.1. The zero-order chi connectivity index (χ0) is 12.1. The molecule has 0 heterocycles. The predicted octanol–water partition coefficient (Wildman–Crippen LogP) is 2.44. The molecular weight excluding hydrogens is 211 g/mol. The summed E-state index contributed by atoms with van der Waals surface area (Å²) in [4.78, 5) is 11.1. The average Bonchev–Trinajstić information content (AvgIpc) is 2.36. The van der Waals surface area contributed by atoms with E-state index in [1.165, 1.54) is 20.3 Å². The molecule has 0 amide bonds. The van der Waals surface area contributed by atoms with Gasteiger partial charge in [-0.05, 0) is 17.7 Å². The van der Waals surface area contributed by atoms with Crippen LogP contribution in [0.1, 0.15) is 11.7 Å². The number of esters is 1. The van der Waals surface area contributed by atoms with Crippen molar-refractivity contribution < 1.29 is 18.7 Å². The van der Waals surface area contributed by atoms with Crippen molar-refractivity contribution in [2.45, 2.75) is 6.17 Å². The second-order valence-corrected chi connectivity index (χ2v) is 3.16. The Bertz CT molecular complexity index is 401. The number of hydrogen-bond donors (Lipinski definition) is 0. The fourth-order valence-electron chi connectivity index (χ4n) is 1.23. The Morgan fingerprint density at radius 1 is 1.44 bits per heavy atom. The summed E-state index contributed by atoms with van der Waals surface area (Å²) < 4.78 is 23.2. The highest BCUT2D eigenvalue weighted by molar-refractivity contribution is 5.89. The molecule has 0 saturated carbocycles. The monoisotopic (exact) mass is 224 g/mol. The van der Waals surface area contributed by atoms with Gasteiger partial charge in [0, 0.05) is 0 Å². The van der Waals surface area contributed by atoms with Crippen LogP contribution in [-0.4, -0.2) is 20.2 Å². The van der Waals surface area contributed by atoms with Gasteiger partial charge in [0.05, 0.1) is 19.8 Å². The van der Waals surface area contributed by atoms with E-state index < -0.39 is 12.1 Å². The predicted molar refractivity (Wildman–Crippen MR) is 58.0 cm³/mol. The molecule has 0 bridgehead atoms. The molecule has 0 fully saturated rings. The van der Waals surface area contributed by atoms with E-state index in [1.54, 1.807) is 18.2 Å². The molecule has 0 aliphatic carbocycles. The molecule has 0 spiro atoms. The van der Waals surface area contributed by atoms with Crippen LogP contribution in [0, 0.1) is 0 Å². The molecule has 1 atom stereocenters. The van der Waals surface area contributed by atoms with Crippen LogP contribution in [0.2, 0.25) is 0 Å². The number of carbonyl (C=O) groups is 1.